The summed E-state index contributed by atoms with van der Waals surface area (Å²) in [6, 6.07) is 8.90. The fraction of sp³-hybridized carbons (Fsp3) is 0.538. The number of hydrogen-bond donors (Lipinski definition) is 1. The normalized spacial score (nSPS) is 11.1. The van der Waals surface area contributed by atoms with Gasteiger partial charge < -0.3 is 5.32 Å². The van der Waals surface area contributed by atoms with Crippen molar-refractivity contribution in [1.82, 2.24) is 4.90 Å². The molecule has 0 aromatic heterocycles. The van der Waals surface area contributed by atoms with Crippen LogP contribution in [0.15, 0.2) is 28.7 Å². The van der Waals surface area contributed by atoms with Gasteiger partial charge in [-0.1, -0.05) is 28.9 Å². The quantitative estimate of drug-likeness (QED) is 0.859. The molecule has 0 fully saturated rings. The summed E-state index contributed by atoms with van der Waals surface area (Å²) in [5, 5.41) is 3.43. The zero-order valence-corrected chi connectivity index (χ0v) is 11.9. The minimum absolute atomic E-state index is 0.620. The molecule has 1 aromatic rings. The van der Waals surface area contributed by atoms with Crippen LogP contribution < -0.4 is 5.32 Å². The van der Waals surface area contributed by atoms with E-state index in [4.69, 9.17) is 0 Å². The van der Waals surface area contributed by atoms with E-state index in [9.17, 15) is 0 Å². The Bertz CT molecular complexity index is 313. The van der Waals surface area contributed by atoms with Gasteiger partial charge in [-0.05, 0) is 38.6 Å². The number of rotatable bonds is 6. The third kappa shape index (κ3) is 4.54. The fourth-order valence-electron chi connectivity index (χ4n) is 1.72. The highest BCUT2D eigenvalue weighted by molar-refractivity contribution is 9.10. The molecule has 1 aromatic carbocycles. The van der Waals surface area contributed by atoms with Crippen LogP contribution in [0.25, 0.3) is 0 Å². The van der Waals surface area contributed by atoms with Crippen LogP contribution >= 0.6 is 15.9 Å². The van der Waals surface area contributed by atoms with E-state index in [0.29, 0.717) is 6.04 Å². The van der Waals surface area contributed by atoms with Gasteiger partial charge in [0.15, 0.2) is 0 Å². The minimum Gasteiger partial charge on any atom is -0.384 e. The van der Waals surface area contributed by atoms with Gasteiger partial charge in [0.2, 0.25) is 0 Å². The maximum Gasteiger partial charge on any atom is 0.0351 e. The molecule has 16 heavy (non-hydrogen) atoms. The Morgan fingerprint density at radius 3 is 2.69 bits per heavy atom. The fourth-order valence-corrected chi connectivity index (χ4v) is 2.12. The summed E-state index contributed by atoms with van der Waals surface area (Å²) in [5.41, 5.74) is 1.18. The molecule has 2 nitrogen and oxygen atoms in total. The first-order valence-electron chi connectivity index (χ1n) is 5.87. The van der Waals surface area contributed by atoms with E-state index in [1.54, 1.807) is 0 Å². The maximum absolute atomic E-state index is 3.47. The molecule has 0 heterocycles. The van der Waals surface area contributed by atoms with E-state index in [2.05, 4.69) is 59.1 Å². The molecule has 0 aliphatic rings. The van der Waals surface area contributed by atoms with Gasteiger partial charge in [-0.2, -0.15) is 0 Å². The first-order valence-corrected chi connectivity index (χ1v) is 6.66. The number of hydrogen-bond acceptors (Lipinski definition) is 2. The molecule has 1 N–H and O–H groups in total. The van der Waals surface area contributed by atoms with Crippen molar-refractivity contribution in [2.24, 2.45) is 0 Å². The van der Waals surface area contributed by atoms with Crippen molar-refractivity contribution in [3.63, 3.8) is 0 Å². The van der Waals surface area contributed by atoms with Crippen LogP contribution in [0.3, 0.4) is 0 Å². The van der Waals surface area contributed by atoms with Gasteiger partial charge in [0.1, 0.15) is 0 Å². The van der Waals surface area contributed by atoms with Crippen molar-refractivity contribution in [1.29, 1.82) is 0 Å². The standard InChI is InChI=1S/C13H21BrN2/c1-4-16(11(2)3)9-8-15-13-7-5-6-12(14)10-13/h5-7,10-11,15H,4,8-9H2,1-3H3. The topological polar surface area (TPSA) is 15.3 Å². The predicted molar refractivity (Wildman–Crippen MR) is 75.0 cm³/mol. The lowest BCUT2D eigenvalue weighted by Crippen LogP contribution is -2.34. The summed E-state index contributed by atoms with van der Waals surface area (Å²) >= 11 is 3.47. The highest BCUT2D eigenvalue weighted by Gasteiger charge is 2.05. The Morgan fingerprint density at radius 1 is 1.38 bits per heavy atom. The van der Waals surface area contributed by atoms with Crippen molar-refractivity contribution in [3.8, 4) is 0 Å². The Hall–Kier alpha value is -0.540. The molecule has 0 bridgehead atoms. The van der Waals surface area contributed by atoms with Gasteiger partial charge in [-0.3, -0.25) is 4.90 Å². The third-order valence-electron chi connectivity index (χ3n) is 2.69. The van der Waals surface area contributed by atoms with Crippen LogP contribution in [0, 0.1) is 0 Å². The molecular weight excluding hydrogens is 264 g/mol. The van der Waals surface area contributed by atoms with Crippen molar-refractivity contribution >= 4 is 21.6 Å². The van der Waals surface area contributed by atoms with Crippen molar-refractivity contribution in [3.05, 3.63) is 28.7 Å². The van der Waals surface area contributed by atoms with Crippen LogP contribution in [-0.2, 0) is 0 Å². The van der Waals surface area contributed by atoms with Gasteiger partial charge in [-0.25, -0.2) is 0 Å². The summed E-state index contributed by atoms with van der Waals surface area (Å²) in [5.74, 6) is 0. The van der Waals surface area contributed by atoms with Crippen molar-refractivity contribution < 1.29 is 0 Å². The Balaban J connectivity index is 2.35. The predicted octanol–water partition coefficient (Wildman–Crippen LogP) is 3.59. The van der Waals surface area contributed by atoms with Gasteiger partial charge in [0.05, 0.1) is 0 Å². The Labute approximate surface area is 107 Å². The molecule has 0 radical (unpaired) electrons. The van der Waals surface area contributed by atoms with Crippen LogP contribution in [-0.4, -0.2) is 30.6 Å². The Kier molecular flexibility index (Phi) is 5.85. The minimum atomic E-state index is 0.620. The second-order valence-electron chi connectivity index (χ2n) is 4.16. The third-order valence-corrected chi connectivity index (χ3v) is 3.18. The average molecular weight is 285 g/mol. The van der Waals surface area contributed by atoms with Crippen molar-refractivity contribution in [2.75, 3.05) is 25.0 Å². The molecule has 0 aliphatic carbocycles. The Morgan fingerprint density at radius 2 is 2.12 bits per heavy atom. The summed E-state index contributed by atoms with van der Waals surface area (Å²) in [6.07, 6.45) is 0. The zero-order chi connectivity index (χ0) is 12.0. The molecule has 90 valence electrons. The molecule has 0 aliphatic heterocycles. The first-order chi connectivity index (χ1) is 7.63. The van der Waals surface area contributed by atoms with Gasteiger partial charge in [0.25, 0.3) is 0 Å². The van der Waals surface area contributed by atoms with Crippen molar-refractivity contribution in [2.45, 2.75) is 26.8 Å². The second-order valence-corrected chi connectivity index (χ2v) is 5.08. The van der Waals surface area contributed by atoms with Gasteiger partial charge in [0, 0.05) is 29.3 Å². The van der Waals surface area contributed by atoms with E-state index < -0.39 is 0 Å². The van der Waals surface area contributed by atoms with Crippen LogP contribution in [0.2, 0.25) is 0 Å². The zero-order valence-electron chi connectivity index (χ0n) is 10.3. The first kappa shape index (κ1) is 13.5. The number of likely N-dealkylation sites (N-methyl/N-ethyl adjacent to an activating group) is 1. The van der Waals surface area contributed by atoms with Gasteiger partial charge in [-0.15, -0.1) is 0 Å². The SMILES string of the molecule is CCN(CCNc1cccc(Br)c1)C(C)C. The molecule has 0 unspecified atom stereocenters. The number of anilines is 1. The summed E-state index contributed by atoms with van der Waals surface area (Å²) in [7, 11) is 0. The maximum atomic E-state index is 3.47. The number of benzene rings is 1. The molecule has 0 amide bonds. The molecule has 0 atom stereocenters. The number of halogens is 1. The second kappa shape index (κ2) is 6.92. The van der Waals surface area contributed by atoms with E-state index in [1.165, 1.54) is 5.69 Å². The van der Waals surface area contributed by atoms with Crippen LogP contribution in [0.4, 0.5) is 5.69 Å². The highest BCUT2D eigenvalue weighted by Crippen LogP contribution is 2.15. The summed E-state index contributed by atoms with van der Waals surface area (Å²) in [6.45, 7) is 9.87. The van der Waals surface area contributed by atoms with Crippen LogP contribution in [0.1, 0.15) is 20.8 Å². The molecule has 3 heteroatoms. The summed E-state index contributed by atoms with van der Waals surface area (Å²) in [4.78, 5) is 2.45. The van der Waals surface area contributed by atoms with E-state index >= 15 is 0 Å². The molecule has 0 saturated carbocycles. The lowest BCUT2D eigenvalue weighted by Gasteiger charge is -2.24. The van der Waals surface area contributed by atoms with E-state index in [1.807, 2.05) is 12.1 Å². The monoisotopic (exact) mass is 284 g/mol. The molecular formula is C13H21BrN2. The largest absolute Gasteiger partial charge is 0.384 e. The van der Waals surface area contributed by atoms with Gasteiger partial charge >= 0.3 is 0 Å². The number of nitrogens with zero attached hydrogens (tertiary/aromatic N) is 1. The summed E-state index contributed by atoms with van der Waals surface area (Å²) < 4.78 is 1.12. The van der Waals surface area contributed by atoms with E-state index in [-0.39, 0.29) is 0 Å². The molecule has 0 saturated heterocycles. The molecule has 1 rings (SSSR count). The average Bonchev–Trinajstić information content (AvgIpc) is 2.24. The van der Waals surface area contributed by atoms with Crippen LogP contribution in [0.5, 0.6) is 0 Å². The lowest BCUT2D eigenvalue weighted by atomic mass is 10.3. The molecule has 0 spiro atoms. The highest BCUT2D eigenvalue weighted by atomic mass is 79.9. The smallest absolute Gasteiger partial charge is 0.0351 e. The lowest BCUT2D eigenvalue weighted by molar-refractivity contribution is 0.243. The number of nitrogens with one attached hydrogen (secondary N) is 1. The van der Waals surface area contributed by atoms with E-state index in [0.717, 1.165) is 24.1 Å².